The van der Waals surface area contributed by atoms with E-state index in [0.29, 0.717) is 38.0 Å². The third kappa shape index (κ3) is 11.3. The van der Waals surface area contributed by atoms with E-state index in [-0.39, 0.29) is 11.5 Å². The molecule has 4 atom stereocenters. The number of carboxylic acids is 1. The molecule has 0 heterocycles. The number of aliphatic carboxylic acids is 1. The van der Waals surface area contributed by atoms with Gasteiger partial charge in [0.15, 0.2) is 0 Å². The van der Waals surface area contributed by atoms with Crippen molar-refractivity contribution in [3.05, 3.63) is 0 Å². The molecule has 0 aromatic rings. The lowest BCUT2D eigenvalue weighted by Gasteiger charge is -2.24. The number of thiol groups is 2. The van der Waals surface area contributed by atoms with Gasteiger partial charge in [-0.15, -0.1) is 0 Å². The Morgan fingerprint density at radius 1 is 0.900 bits per heavy atom. The van der Waals surface area contributed by atoms with Crippen molar-refractivity contribution in [2.45, 2.75) is 49.9 Å². The Morgan fingerprint density at radius 2 is 1.43 bits per heavy atom. The van der Waals surface area contributed by atoms with E-state index in [1.54, 1.807) is 11.8 Å². The van der Waals surface area contributed by atoms with Crippen molar-refractivity contribution < 1.29 is 24.3 Å². The first kappa shape index (κ1) is 28.9. The maximum Gasteiger partial charge on any atom is 0.327 e. The second-order valence-electron chi connectivity index (χ2n) is 6.56. The van der Waals surface area contributed by atoms with Crippen molar-refractivity contribution in [1.82, 2.24) is 16.0 Å². The lowest BCUT2D eigenvalue weighted by Crippen LogP contribution is -2.57. The van der Waals surface area contributed by atoms with Crippen molar-refractivity contribution in [2.24, 2.45) is 11.5 Å². The quantitative estimate of drug-likeness (QED) is 0.0975. The summed E-state index contributed by atoms with van der Waals surface area (Å²) in [5, 5.41) is 16.5. The van der Waals surface area contributed by atoms with Crippen LogP contribution in [0.5, 0.6) is 0 Å². The molecule has 0 saturated heterocycles. The summed E-state index contributed by atoms with van der Waals surface area (Å²) in [6.07, 6.45) is 3.94. The summed E-state index contributed by atoms with van der Waals surface area (Å²) in [7, 11) is 0. The molecule has 174 valence electrons. The van der Waals surface area contributed by atoms with Crippen LogP contribution in [-0.2, 0) is 19.2 Å². The molecule has 30 heavy (non-hydrogen) atoms. The van der Waals surface area contributed by atoms with Crippen LogP contribution in [0.1, 0.15) is 25.7 Å². The maximum atomic E-state index is 12.7. The highest BCUT2D eigenvalue weighted by Crippen LogP contribution is 2.05. The van der Waals surface area contributed by atoms with Gasteiger partial charge in [0.2, 0.25) is 17.7 Å². The SMILES string of the molecule is CSCCC(N)C(=O)NC(CCCCN)C(=O)NC(CS)C(=O)NC(CS)C(=O)O. The van der Waals surface area contributed by atoms with Gasteiger partial charge in [-0.1, -0.05) is 0 Å². The molecule has 8 N–H and O–H groups in total. The van der Waals surface area contributed by atoms with Crippen molar-refractivity contribution in [3.63, 3.8) is 0 Å². The van der Waals surface area contributed by atoms with Crippen LogP contribution >= 0.6 is 37.0 Å². The van der Waals surface area contributed by atoms with Gasteiger partial charge in [0.25, 0.3) is 0 Å². The Balaban J connectivity index is 5.10. The smallest absolute Gasteiger partial charge is 0.327 e. The Bertz CT molecular complexity index is 570. The minimum absolute atomic E-state index is 0.0623. The van der Waals surface area contributed by atoms with E-state index in [0.717, 1.165) is 0 Å². The first-order valence-corrected chi connectivity index (χ1v) is 12.2. The Morgan fingerprint density at radius 3 is 1.93 bits per heavy atom. The number of nitrogens with two attached hydrogens (primary N) is 2. The average Bonchev–Trinajstić information content (AvgIpc) is 2.72. The minimum Gasteiger partial charge on any atom is -0.480 e. The number of nitrogens with one attached hydrogen (secondary N) is 3. The lowest BCUT2D eigenvalue weighted by molar-refractivity contribution is -0.141. The molecule has 0 radical (unpaired) electrons. The molecule has 4 unspecified atom stereocenters. The Hall–Kier alpha value is -1.15. The number of thioether (sulfide) groups is 1. The van der Waals surface area contributed by atoms with Gasteiger partial charge >= 0.3 is 5.97 Å². The Kier molecular flexibility index (Phi) is 15.9. The summed E-state index contributed by atoms with van der Waals surface area (Å²) in [5.41, 5.74) is 11.4. The number of carbonyl (C=O) groups is 4. The van der Waals surface area contributed by atoms with E-state index < -0.39 is 47.9 Å². The molecule has 0 fully saturated rings. The monoisotopic (exact) mass is 483 g/mol. The molecule has 0 aromatic carbocycles. The predicted octanol–water partition coefficient (Wildman–Crippen LogP) is -1.41. The van der Waals surface area contributed by atoms with Gasteiger partial charge in [0, 0.05) is 11.5 Å². The van der Waals surface area contributed by atoms with E-state index in [1.807, 2.05) is 6.26 Å². The lowest BCUT2D eigenvalue weighted by atomic mass is 10.1. The zero-order chi connectivity index (χ0) is 23.1. The molecule has 0 aliphatic rings. The summed E-state index contributed by atoms with van der Waals surface area (Å²) >= 11 is 9.50. The number of hydrogen-bond donors (Lipinski definition) is 8. The van der Waals surface area contributed by atoms with Crippen molar-refractivity contribution in [2.75, 3.05) is 30.1 Å². The number of unbranched alkanes of at least 4 members (excludes halogenated alkanes) is 1. The van der Waals surface area contributed by atoms with Gasteiger partial charge in [-0.25, -0.2) is 4.79 Å². The molecule has 0 saturated carbocycles. The van der Waals surface area contributed by atoms with Gasteiger partial charge in [-0.05, 0) is 44.2 Å². The molecule has 0 aromatic heterocycles. The number of amides is 3. The fourth-order valence-corrected chi connectivity index (χ4v) is 3.33. The van der Waals surface area contributed by atoms with Crippen molar-refractivity contribution in [3.8, 4) is 0 Å². The molecule has 0 rings (SSSR count). The predicted molar refractivity (Wildman–Crippen MR) is 125 cm³/mol. The second kappa shape index (κ2) is 16.5. The molecule has 0 bridgehead atoms. The first-order chi connectivity index (χ1) is 14.2. The third-order valence-electron chi connectivity index (χ3n) is 4.16. The van der Waals surface area contributed by atoms with E-state index in [4.69, 9.17) is 16.6 Å². The minimum atomic E-state index is -1.24. The Labute approximate surface area is 192 Å². The zero-order valence-electron chi connectivity index (χ0n) is 17.0. The van der Waals surface area contributed by atoms with Gasteiger partial charge < -0.3 is 32.5 Å². The summed E-state index contributed by atoms with van der Waals surface area (Å²) in [6, 6.07) is -3.94. The molecule has 0 aliphatic heterocycles. The van der Waals surface area contributed by atoms with Gasteiger partial charge in [-0.2, -0.15) is 37.0 Å². The molecule has 3 amide bonds. The maximum absolute atomic E-state index is 12.7. The van der Waals surface area contributed by atoms with Crippen molar-refractivity contribution in [1.29, 1.82) is 0 Å². The fraction of sp³-hybridized carbons (Fsp3) is 0.765. The van der Waals surface area contributed by atoms with Crippen LogP contribution in [0.15, 0.2) is 0 Å². The van der Waals surface area contributed by atoms with E-state index >= 15 is 0 Å². The standard InChI is InChI=1S/C17H33N5O5S3/c1-30-7-5-10(19)14(23)20-11(4-2-3-6-18)15(24)21-12(8-28)16(25)22-13(9-29)17(26)27/h10-13,28-29H,2-9,18-19H2,1H3,(H,20,23)(H,21,24)(H,22,25)(H,26,27). The van der Waals surface area contributed by atoms with Gasteiger partial charge in [0.1, 0.15) is 18.1 Å². The summed E-state index contributed by atoms with van der Waals surface area (Å²) in [5.74, 6) is -2.45. The van der Waals surface area contributed by atoms with E-state index in [1.165, 1.54) is 0 Å². The van der Waals surface area contributed by atoms with Crippen LogP contribution < -0.4 is 27.4 Å². The third-order valence-corrected chi connectivity index (χ3v) is 5.54. The van der Waals surface area contributed by atoms with Crippen LogP contribution in [-0.4, -0.2) is 83.0 Å². The highest BCUT2D eigenvalue weighted by Gasteiger charge is 2.29. The molecule has 13 heteroatoms. The van der Waals surface area contributed by atoms with Gasteiger partial charge in [0.05, 0.1) is 6.04 Å². The van der Waals surface area contributed by atoms with Crippen LogP contribution in [0.2, 0.25) is 0 Å². The first-order valence-electron chi connectivity index (χ1n) is 9.51. The average molecular weight is 484 g/mol. The number of rotatable bonds is 16. The highest BCUT2D eigenvalue weighted by atomic mass is 32.2. The largest absolute Gasteiger partial charge is 0.480 e. The van der Waals surface area contributed by atoms with E-state index in [2.05, 4.69) is 41.2 Å². The molecular formula is C17H33N5O5S3. The van der Waals surface area contributed by atoms with Crippen LogP contribution in [0.25, 0.3) is 0 Å². The van der Waals surface area contributed by atoms with Crippen LogP contribution in [0.3, 0.4) is 0 Å². The molecule has 10 nitrogen and oxygen atoms in total. The summed E-state index contributed by atoms with van der Waals surface area (Å²) < 4.78 is 0. The van der Waals surface area contributed by atoms with E-state index in [9.17, 15) is 19.2 Å². The molecular weight excluding hydrogens is 450 g/mol. The van der Waals surface area contributed by atoms with Crippen LogP contribution in [0.4, 0.5) is 0 Å². The topological polar surface area (TPSA) is 177 Å². The summed E-state index contributed by atoms with van der Waals surface area (Å²) in [6.45, 7) is 0.442. The molecule has 0 spiro atoms. The zero-order valence-corrected chi connectivity index (χ0v) is 19.6. The van der Waals surface area contributed by atoms with Crippen molar-refractivity contribution >= 4 is 60.7 Å². The summed E-state index contributed by atoms with van der Waals surface area (Å²) in [4.78, 5) is 48.4. The fourth-order valence-electron chi connectivity index (χ4n) is 2.34. The number of hydrogen-bond acceptors (Lipinski definition) is 9. The normalized spacial score (nSPS) is 14.8. The number of carboxylic acid groups (broad SMARTS) is 1. The highest BCUT2D eigenvalue weighted by molar-refractivity contribution is 7.98. The molecule has 0 aliphatic carbocycles. The number of carbonyl (C=O) groups excluding carboxylic acids is 3. The van der Waals surface area contributed by atoms with Gasteiger partial charge in [-0.3, -0.25) is 14.4 Å². The second-order valence-corrected chi connectivity index (χ2v) is 8.28. The van der Waals surface area contributed by atoms with Crippen LogP contribution in [0, 0.1) is 0 Å².